The maximum atomic E-state index is 12.6. The number of alkyl carbamates (subject to hydrolysis) is 1. The van der Waals surface area contributed by atoms with Crippen LogP contribution in [0.3, 0.4) is 0 Å². The lowest BCUT2D eigenvalue weighted by molar-refractivity contribution is -0.149. The molecule has 0 rings (SSSR count). The van der Waals surface area contributed by atoms with Crippen LogP contribution in [-0.2, 0) is 23.9 Å². The molecule has 0 spiro atoms. The highest BCUT2D eigenvalue weighted by Gasteiger charge is 2.34. The summed E-state index contributed by atoms with van der Waals surface area (Å²) < 4.78 is 9.80. The molecule has 3 amide bonds. The Balaban J connectivity index is 5.07. The van der Waals surface area contributed by atoms with E-state index in [0.29, 0.717) is 6.42 Å². The Morgan fingerprint density at radius 3 is 1.86 bits per heavy atom. The van der Waals surface area contributed by atoms with Gasteiger partial charge in [-0.3, -0.25) is 9.59 Å². The molecule has 9 heteroatoms. The van der Waals surface area contributed by atoms with Crippen molar-refractivity contribution >= 4 is 23.9 Å². The van der Waals surface area contributed by atoms with Crippen LogP contribution in [0.2, 0.25) is 0 Å². The number of methoxy groups -OCH3 is 1. The minimum atomic E-state index is -1.24. The van der Waals surface area contributed by atoms with Crippen LogP contribution in [0, 0.1) is 5.92 Å². The fraction of sp³-hybridized carbons (Fsp3) is 0.789. The predicted molar refractivity (Wildman–Crippen MR) is 104 cm³/mol. The first kappa shape index (κ1) is 25.7. The Hall–Kier alpha value is -2.32. The zero-order chi connectivity index (χ0) is 22.3. The zero-order valence-electron chi connectivity index (χ0n) is 18.4. The van der Waals surface area contributed by atoms with E-state index in [1.807, 2.05) is 13.8 Å². The van der Waals surface area contributed by atoms with Crippen molar-refractivity contribution in [2.75, 3.05) is 7.11 Å². The third kappa shape index (κ3) is 9.57. The standard InChI is InChI=1S/C19H35N3O6/c1-11(2)10-13(15(24)22-19(7,8)16(25)27-9)21-14(23)12(3)20-17(26)28-18(4,5)6/h11-13H,10H2,1-9H3,(H,20,26)(H,21,23)(H,22,24)/t12-,13-/m0/s1. The van der Waals surface area contributed by atoms with E-state index in [1.54, 1.807) is 20.8 Å². The lowest BCUT2D eigenvalue weighted by Crippen LogP contribution is -2.58. The Labute approximate surface area is 167 Å². The molecule has 0 heterocycles. The molecule has 28 heavy (non-hydrogen) atoms. The number of hydrogen-bond acceptors (Lipinski definition) is 6. The molecule has 0 aliphatic heterocycles. The fourth-order valence-electron chi connectivity index (χ4n) is 2.25. The minimum Gasteiger partial charge on any atom is -0.467 e. The maximum Gasteiger partial charge on any atom is 0.408 e. The molecular formula is C19H35N3O6. The van der Waals surface area contributed by atoms with Gasteiger partial charge in [0.15, 0.2) is 0 Å². The van der Waals surface area contributed by atoms with Gasteiger partial charge in [0.2, 0.25) is 11.8 Å². The van der Waals surface area contributed by atoms with Crippen molar-refractivity contribution in [3.05, 3.63) is 0 Å². The van der Waals surface area contributed by atoms with Crippen LogP contribution in [0.1, 0.15) is 61.8 Å². The van der Waals surface area contributed by atoms with Gasteiger partial charge in [-0.2, -0.15) is 0 Å². The summed E-state index contributed by atoms with van der Waals surface area (Å²) >= 11 is 0. The van der Waals surface area contributed by atoms with Crippen molar-refractivity contribution in [2.24, 2.45) is 5.92 Å². The van der Waals surface area contributed by atoms with E-state index in [9.17, 15) is 19.2 Å². The predicted octanol–water partition coefficient (Wildman–Crippen LogP) is 1.50. The Morgan fingerprint density at radius 2 is 1.43 bits per heavy atom. The van der Waals surface area contributed by atoms with Crippen LogP contribution in [0.4, 0.5) is 4.79 Å². The molecule has 0 aromatic heterocycles. The molecule has 0 aliphatic carbocycles. The quantitative estimate of drug-likeness (QED) is 0.530. The number of ether oxygens (including phenoxy) is 2. The highest BCUT2D eigenvalue weighted by atomic mass is 16.6. The first-order valence-electron chi connectivity index (χ1n) is 9.29. The van der Waals surface area contributed by atoms with Crippen LogP contribution in [-0.4, -0.2) is 54.2 Å². The fourth-order valence-corrected chi connectivity index (χ4v) is 2.25. The molecule has 0 bridgehead atoms. The summed E-state index contributed by atoms with van der Waals surface area (Å²) in [6.45, 7) is 13.5. The van der Waals surface area contributed by atoms with Gasteiger partial charge < -0.3 is 25.4 Å². The van der Waals surface area contributed by atoms with Crippen LogP contribution in [0.5, 0.6) is 0 Å². The maximum absolute atomic E-state index is 12.6. The molecule has 0 aliphatic rings. The number of carbonyl (C=O) groups is 4. The topological polar surface area (TPSA) is 123 Å². The number of rotatable bonds is 8. The van der Waals surface area contributed by atoms with Gasteiger partial charge in [0.05, 0.1) is 7.11 Å². The van der Waals surface area contributed by atoms with Crippen LogP contribution < -0.4 is 16.0 Å². The van der Waals surface area contributed by atoms with Crippen molar-refractivity contribution in [3.63, 3.8) is 0 Å². The van der Waals surface area contributed by atoms with Gasteiger partial charge in [-0.1, -0.05) is 13.8 Å². The third-order valence-corrected chi connectivity index (χ3v) is 3.60. The van der Waals surface area contributed by atoms with E-state index >= 15 is 0 Å². The zero-order valence-corrected chi connectivity index (χ0v) is 18.4. The molecule has 0 aromatic rings. The Morgan fingerprint density at radius 1 is 0.893 bits per heavy atom. The second kappa shape index (κ2) is 10.3. The van der Waals surface area contributed by atoms with Gasteiger partial charge >= 0.3 is 12.1 Å². The summed E-state index contributed by atoms with van der Waals surface area (Å²) in [5.41, 5.74) is -1.94. The number of esters is 1. The normalized spacial score (nSPS) is 13.9. The van der Waals surface area contributed by atoms with Crippen LogP contribution >= 0.6 is 0 Å². The van der Waals surface area contributed by atoms with Gasteiger partial charge in [0.25, 0.3) is 0 Å². The van der Waals surface area contributed by atoms with Crippen molar-refractivity contribution in [3.8, 4) is 0 Å². The summed E-state index contributed by atoms with van der Waals surface area (Å²) in [5.74, 6) is -1.55. The summed E-state index contributed by atoms with van der Waals surface area (Å²) in [5, 5.41) is 7.64. The van der Waals surface area contributed by atoms with Crippen LogP contribution in [0.15, 0.2) is 0 Å². The first-order chi connectivity index (χ1) is 12.6. The first-order valence-corrected chi connectivity index (χ1v) is 9.29. The number of carbonyl (C=O) groups excluding carboxylic acids is 4. The SMILES string of the molecule is COC(=O)C(C)(C)NC(=O)[C@H](CC(C)C)NC(=O)[C@H](C)NC(=O)OC(C)(C)C. The molecule has 9 nitrogen and oxygen atoms in total. The summed E-state index contributed by atoms with van der Waals surface area (Å²) in [6, 6.07) is -1.79. The molecule has 0 aromatic carbocycles. The molecule has 162 valence electrons. The van der Waals surface area contributed by atoms with Gasteiger partial charge in [-0.25, -0.2) is 9.59 Å². The van der Waals surface area contributed by atoms with Crippen molar-refractivity contribution in [2.45, 2.75) is 85.0 Å². The van der Waals surface area contributed by atoms with E-state index in [4.69, 9.17) is 4.74 Å². The summed E-state index contributed by atoms with van der Waals surface area (Å²) in [7, 11) is 1.23. The smallest absolute Gasteiger partial charge is 0.408 e. The number of hydrogen-bond donors (Lipinski definition) is 3. The molecule has 0 saturated heterocycles. The molecule has 2 atom stereocenters. The largest absolute Gasteiger partial charge is 0.467 e. The molecule has 0 saturated carbocycles. The lowest BCUT2D eigenvalue weighted by atomic mass is 10.00. The van der Waals surface area contributed by atoms with E-state index in [-0.39, 0.29) is 5.92 Å². The van der Waals surface area contributed by atoms with Crippen molar-refractivity contribution in [1.82, 2.24) is 16.0 Å². The average Bonchev–Trinajstić information content (AvgIpc) is 2.50. The lowest BCUT2D eigenvalue weighted by Gasteiger charge is -2.28. The number of amides is 3. The van der Waals surface area contributed by atoms with Gasteiger partial charge in [-0.05, 0) is 53.9 Å². The Bertz CT molecular complexity index is 581. The van der Waals surface area contributed by atoms with Gasteiger partial charge in [0, 0.05) is 0 Å². The summed E-state index contributed by atoms with van der Waals surface area (Å²) in [6.07, 6.45) is -0.375. The summed E-state index contributed by atoms with van der Waals surface area (Å²) in [4.78, 5) is 48.7. The average molecular weight is 402 g/mol. The van der Waals surface area contributed by atoms with E-state index in [0.717, 1.165) is 0 Å². The molecule has 0 unspecified atom stereocenters. The molecule has 0 radical (unpaired) electrons. The monoisotopic (exact) mass is 401 g/mol. The van der Waals surface area contributed by atoms with Gasteiger partial charge in [-0.15, -0.1) is 0 Å². The van der Waals surface area contributed by atoms with Crippen molar-refractivity contribution < 1.29 is 28.7 Å². The minimum absolute atomic E-state index is 0.103. The highest BCUT2D eigenvalue weighted by Crippen LogP contribution is 2.10. The second-order valence-corrected chi connectivity index (χ2v) is 8.66. The second-order valence-electron chi connectivity index (χ2n) is 8.66. The molecule has 0 fully saturated rings. The van der Waals surface area contributed by atoms with Gasteiger partial charge in [0.1, 0.15) is 23.2 Å². The molecule has 3 N–H and O–H groups in total. The van der Waals surface area contributed by atoms with Crippen LogP contribution in [0.25, 0.3) is 0 Å². The van der Waals surface area contributed by atoms with Crippen molar-refractivity contribution in [1.29, 1.82) is 0 Å². The van der Waals surface area contributed by atoms with E-state index in [1.165, 1.54) is 27.9 Å². The number of nitrogens with one attached hydrogen (secondary N) is 3. The van der Waals surface area contributed by atoms with E-state index in [2.05, 4.69) is 20.7 Å². The third-order valence-electron chi connectivity index (χ3n) is 3.60. The Kier molecular flexibility index (Phi) is 9.43. The van der Waals surface area contributed by atoms with E-state index < -0.39 is 47.1 Å². The highest BCUT2D eigenvalue weighted by molar-refractivity contribution is 5.93. The molecular weight excluding hydrogens is 366 g/mol.